The van der Waals surface area contributed by atoms with Gasteiger partial charge in [-0.15, -0.1) is 0 Å². The molecule has 0 bridgehead atoms. The third kappa shape index (κ3) is 3.42. The van der Waals surface area contributed by atoms with Gasteiger partial charge in [-0.3, -0.25) is 0 Å². The summed E-state index contributed by atoms with van der Waals surface area (Å²) in [6, 6.07) is 11.7. The molecule has 0 unspecified atom stereocenters. The highest BCUT2D eigenvalue weighted by Crippen LogP contribution is 2.22. The minimum absolute atomic E-state index is 0.363. The van der Waals surface area contributed by atoms with E-state index in [0.29, 0.717) is 5.56 Å². The summed E-state index contributed by atoms with van der Waals surface area (Å²) < 4.78 is 9.89. The van der Waals surface area contributed by atoms with Gasteiger partial charge >= 0.3 is 5.97 Å². The lowest BCUT2D eigenvalue weighted by Crippen LogP contribution is -2.46. The summed E-state index contributed by atoms with van der Waals surface area (Å²) in [6.45, 7) is 3.62. The van der Waals surface area contributed by atoms with Gasteiger partial charge in [0.15, 0.2) is 0 Å². The highest BCUT2D eigenvalue weighted by atomic mass is 16.5. The molecule has 0 atom stereocenters. The Labute approximate surface area is 141 Å². The molecule has 6 nitrogen and oxygen atoms in total. The molecule has 1 aliphatic heterocycles. The summed E-state index contributed by atoms with van der Waals surface area (Å²) in [4.78, 5) is 20.4. The molecule has 24 heavy (non-hydrogen) atoms. The molecular formula is C18H21N3O3. The molecule has 2 aromatic rings. The number of piperazine rings is 1. The van der Waals surface area contributed by atoms with Crippen LogP contribution in [0.15, 0.2) is 42.6 Å². The predicted octanol–water partition coefficient (Wildman–Crippen LogP) is 2.20. The van der Waals surface area contributed by atoms with Gasteiger partial charge in [0.05, 0.1) is 19.8 Å². The molecule has 1 aromatic carbocycles. The van der Waals surface area contributed by atoms with Crippen LogP contribution in [0.5, 0.6) is 5.75 Å². The van der Waals surface area contributed by atoms with Gasteiger partial charge in [-0.05, 0) is 36.4 Å². The van der Waals surface area contributed by atoms with Crippen molar-refractivity contribution in [3.05, 3.63) is 48.2 Å². The first-order valence-electron chi connectivity index (χ1n) is 7.89. The van der Waals surface area contributed by atoms with E-state index in [-0.39, 0.29) is 5.97 Å². The van der Waals surface area contributed by atoms with E-state index in [9.17, 15) is 4.79 Å². The van der Waals surface area contributed by atoms with Crippen LogP contribution in [0.3, 0.4) is 0 Å². The Bertz CT molecular complexity index is 678. The molecule has 1 saturated heterocycles. The molecule has 0 N–H and O–H groups in total. The fraction of sp³-hybridized carbons (Fsp3) is 0.333. The summed E-state index contributed by atoms with van der Waals surface area (Å²) in [5.74, 6) is 1.39. The number of carbonyl (C=O) groups excluding carboxylic acids is 1. The monoisotopic (exact) mass is 327 g/mol. The van der Waals surface area contributed by atoms with Gasteiger partial charge < -0.3 is 19.3 Å². The van der Waals surface area contributed by atoms with E-state index < -0.39 is 0 Å². The zero-order valence-electron chi connectivity index (χ0n) is 13.9. The van der Waals surface area contributed by atoms with Crippen LogP contribution in [0.25, 0.3) is 0 Å². The van der Waals surface area contributed by atoms with Gasteiger partial charge in [-0.2, -0.15) is 0 Å². The van der Waals surface area contributed by atoms with Crippen LogP contribution in [-0.4, -0.2) is 51.4 Å². The maximum Gasteiger partial charge on any atom is 0.339 e. The second-order valence-electron chi connectivity index (χ2n) is 5.57. The first-order chi connectivity index (χ1) is 11.7. The molecule has 0 amide bonds. The van der Waals surface area contributed by atoms with Gasteiger partial charge in [-0.25, -0.2) is 9.78 Å². The molecule has 126 valence electrons. The Morgan fingerprint density at radius 2 is 1.62 bits per heavy atom. The summed E-state index contributed by atoms with van der Waals surface area (Å²) in [5, 5.41) is 0. The Balaban J connectivity index is 1.61. The van der Waals surface area contributed by atoms with Crippen molar-refractivity contribution < 1.29 is 14.3 Å². The first kappa shape index (κ1) is 16.1. The lowest BCUT2D eigenvalue weighted by Gasteiger charge is -2.36. The number of ether oxygens (including phenoxy) is 2. The van der Waals surface area contributed by atoms with E-state index in [1.807, 2.05) is 18.2 Å². The number of carbonyl (C=O) groups is 1. The molecule has 3 rings (SSSR count). The molecular weight excluding hydrogens is 306 g/mol. The Morgan fingerprint density at radius 3 is 2.17 bits per heavy atom. The molecule has 2 heterocycles. The number of pyridine rings is 1. The van der Waals surface area contributed by atoms with Crippen LogP contribution < -0.4 is 14.5 Å². The summed E-state index contributed by atoms with van der Waals surface area (Å²) >= 11 is 0. The number of anilines is 2. The highest BCUT2D eigenvalue weighted by molar-refractivity contribution is 5.89. The number of hydrogen-bond donors (Lipinski definition) is 0. The lowest BCUT2D eigenvalue weighted by molar-refractivity contribution is 0.0600. The van der Waals surface area contributed by atoms with Crippen molar-refractivity contribution in [2.75, 3.05) is 50.2 Å². The van der Waals surface area contributed by atoms with Gasteiger partial charge in [-0.1, -0.05) is 0 Å². The SMILES string of the molecule is COC(=O)c1ccc(N2CCN(c3ccc(OC)cc3)CC2)nc1. The van der Waals surface area contributed by atoms with E-state index in [1.54, 1.807) is 19.4 Å². The highest BCUT2D eigenvalue weighted by Gasteiger charge is 2.18. The van der Waals surface area contributed by atoms with E-state index in [2.05, 4.69) is 26.9 Å². The molecule has 0 aliphatic carbocycles. The molecule has 1 aromatic heterocycles. The zero-order valence-corrected chi connectivity index (χ0v) is 13.9. The van der Waals surface area contributed by atoms with Crippen LogP contribution in [-0.2, 0) is 4.74 Å². The van der Waals surface area contributed by atoms with E-state index in [1.165, 1.54) is 12.8 Å². The fourth-order valence-corrected chi connectivity index (χ4v) is 2.80. The first-order valence-corrected chi connectivity index (χ1v) is 7.89. The molecule has 0 radical (unpaired) electrons. The van der Waals surface area contributed by atoms with E-state index >= 15 is 0 Å². The fourth-order valence-electron chi connectivity index (χ4n) is 2.80. The average Bonchev–Trinajstić information content (AvgIpc) is 2.68. The van der Waals surface area contributed by atoms with Crippen LogP contribution >= 0.6 is 0 Å². The zero-order chi connectivity index (χ0) is 16.9. The number of hydrogen-bond acceptors (Lipinski definition) is 6. The van der Waals surface area contributed by atoms with Gasteiger partial charge in [0, 0.05) is 38.1 Å². The van der Waals surface area contributed by atoms with Crippen LogP contribution in [0.4, 0.5) is 11.5 Å². The summed E-state index contributed by atoms with van der Waals surface area (Å²) in [7, 11) is 3.04. The maximum atomic E-state index is 11.5. The second-order valence-corrected chi connectivity index (χ2v) is 5.57. The predicted molar refractivity (Wildman–Crippen MR) is 93.0 cm³/mol. The smallest absolute Gasteiger partial charge is 0.339 e. The molecule has 1 aliphatic rings. The molecule has 6 heteroatoms. The standard InChI is InChI=1S/C18H21N3O3/c1-23-16-6-4-15(5-7-16)20-9-11-21(12-10-20)17-8-3-14(13-19-17)18(22)24-2/h3-8,13H,9-12H2,1-2H3. The van der Waals surface area contributed by atoms with E-state index in [0.717, 1.165) is 37.7 Å². The number of nitrogens with zero attached hydrogens (tertiary/aromatic N) is 3. The van der Waals surface area contributed by atoms with Gasteiger partial charge in [0.1, 0.15) is 11.6 Å². The lowest BCUT2D eigenvalue weighted by atomic mass is 10.2. The van der Waals surface area contributed by atoms with Crippen molar-refractivity contribution in [2.24, 2.45) is 0 Å². The largest absolute Gasteiger partial charge is 0.497 e. The number of esters is 1. The van der Waals surface area contributed by atoms with Crippen molar-refractivity contribution >= 4 is 17.5 Å². The minimum atomic E-state index is -0.363. The number of rotatable bonds is 4. The second kappa shape index (κ2) is 7.21. The Hall–Kier alpha value is -2.76. The number of methoxy groups -OCH3 is 2. The van der Waals surface area contributed by atoms with E-state index in [4.69, 9.17) is 9.47 Å². The van der Waals surface area contributed by atoms with Crippen molar-refractivity contribution in [3.8, 4) is 5.75 Å². The normalized spacial score (nSPS) is 14.4. The number of aromatic nitrogens is 1. The van der Waals surface area contributed by atoms with Crippen LogP contribution in [0.2, 0.25) is 0 Å². The number of benzene rings is 1. The maximum absolute atomic E-state index is 11.5. The van der Waals surface area contributed by atoms with Crippen molar-refractivity contribution in [1.82, 2.24) is 4.98 Å². The minimum Gasteiger partial charge on any atom is -0.497 e. The van der Waals surface area contributed by atoms with Crippen molar-refractivity contribution in [3.63, 3.8) is 0 Å². The van der Waals surface area contributed by atoms with Crippen molar-refractivity contribution in [2.45, 2.75) is 0 Å². The summed E-state index contributed by atoms with van der Waals surface area (Å²) in [5.41, 5.74) is 1.67. The average molecular weight is 327 g/mol. The molecule has 0 spiro atoms. The van der Waals surface area contributed by atoms with Crippen molar-refractivity contribution in [1.29, 1.82) is 0 Å². The van der Waals surface area contributed by atoms with Crippen LogP contribution in [0.1, 0.15) is 10.4 Å². The Kier molecular flexibility index (Phi) is 4.84. The quantitative estimate of drug-likeness (QED) is 0.803. The Morgan fingerprint density at radius 1 is 0.958 bits per heavy atom. The van der Waals surface area contributed by atoms with Gasteiger partial charge in [0.25, 0.3) is 0 Å². The third-order valence-electron chi connectivity index (χ3n) is 4.21. The topological polar surface area (TPSA) is 54.9 Å². The van der Waals surface area contributed by atoms with Gasteiger partial charge in [0.2, 0.25) is 0 Å². The molecule has 0 saturated carbocycles. The summed E-state index contributed by atoms with van der Waals surface area (Å²) in [6.07, 6.45) is 1.57. The van der Waals surface area contributed by atoms with Crippen LogP contribution in [0, 0.1) is 0 Å². The third-order valence-corrected chi connectivity index (χ3v) is 4.21. The molecule has 1 fully saturated rings.